The molecule has 0 amide bonds. The van der Waals surface area contributed by atoms with Crippen LogP contribution in [0.15, 0.2) is 65.7 Å². The first-order chi connectivity index (χ1) is 20.8. The van der Waals surface area contributed by atoms with Gasteiger partial charge in [-0.2, -0.15) is 0 Å². The van der Waals surface area contributed by atoms with E-state index in [9.17, 15) is 4.79 Å². The van der Waals surface area contributed by atoms with Crippen molar-refractivity contribution < 1.29 is 18.8 Å². The predicted molar refractivity (Wildman–Crippen MR) is 180 cm³/mol. The highest BCUT2D eigenvalue weighted by molar-refractivity contribution is 6.45. The summed E-state index contributed by atoms with van der Waals surface area (Å²) in [5.41, 5.74) is 0.442. The van der Waals surface area contributed by atoms with Gasteiger partial charge in [0.1, 0.15) is 5.60 Å². The summed E-state index contributed by atoms with van der Waals surface area (Å²) < 4.78 is 18.7. The fraction of sp³-hybridized carbons (Fsp3) is 0.611. The molecule has 7 nitrogen and oxygen atoms in total. The number of rotatable bonds is 13. The van der Waals surface area contributed by atoms with Gasteiger partial charge < -0.3 is 24.3 Å². The molecule has 2 aliphatic rings. The van der Waals surface area contributed by atoms with Crippen LogP contribution in [0.3, 0.4) is 0 Å². The molecule has 0 radical (unpaired) electrons. The fourth-order valence-corrected chi connectivity index (χ4v) is 5.90. The number of aliphatic imine (C=N–C) groups is 1. The first-order valence-corrected chi connectivity index (χ1v) is 16.5. The molecule has 1 unspecified atom stereocenters. The molecule has 44 heavy (non-hydrogen) atoms. The van der Waals surface area contributed by atoms with Crippen molar-refractivity contribution in [3.63, 3.8) is 0 Å². The Morgan fingerprint density at radius 3 is 1.91 bits per heavy atom. The number of nitrogens with zero attached hydrogens (tertiary/aromatic N) is 2. The van der Waals surface area contributed by atoms with Crippen molar-refractivity contribution >= 4 is 18.8 Å². The fourth-order valence-electron chi connectivity index (χ4n) is 5.90. The summed E-state index contributed by atoms with van der Waals surface area (Å²) in [7, 11) is -0.253. The van der Waals surface area contributed by atoms with Gasteiger partial charge in [0, 0.05) is 37.3 Å². The van der Waals surface area contributed by atoms with E-state index >= 15 is 0 Å². The number of ether oxygens (including phenoxy) is 1. The zero-order valence-electron chi connectivity index (χ0n) is 28.2. The maximum atomic E-state index is 14.4. The van der Waals surface area contributed by atoms with Crippen molar-refractivity contribution in [1.29, 1.82) is 0 Å². The first-order valence-electron chi connectivity index (χ1n) is 16.5. The lowest BCUT2D eigenvalue weighted by molar-refractivity contribution is -0.162. The van der Waals surface area contributed by atoms with Crippen molar-refractivity contribution in [2.24, 2.45) is 4.99 Å². The number of carbonyl (C=O) groups excluding carboxylic acids is 1. The number of benzene rings is 2. The molecule has 2 aromatic rings. The van der Waals surface area contributed by atoms with Crippen LogP contribution < -0.4 is 5.32 Å². The van der Waals surface area contributed by atoms with Gasteiger partial charge in [-0.3, -0.25) is 4.99 Å². The van der Waals surface area contributed by atoms with Crippen LogP contribution in [-0.2, 0) is 18.8 Å². The Bertz CT molecular complexity index is 1170. The van der Waals surface area contributed by atoms with E-state index in [0.717, 1.165) is 75.1 Å². The number of nitrogens with one attached hydrogen (secondary N) is 1. The van der Waals surface area contributed by atoms with Crippen molar-refractivity contribution in [3.8, 4) is 0 Å². The second kappa shape index (κ2) is 14.7. The minimum Gasteiger partial charge on any atom is -0.458 e. The summed E-state index contributed by atoms with van der Waals surface area (Å²) in [5, 5.41) is 3.44. The third-order valence-electron chi connectivity index (χ3n) is 9.06. The van der Waals surface area contributed by atoms with Crippen LogP contribution in [0.5, 0.6) is 0 Å². The van der Waals surface area contributed by atoms with Crippen LogP contribution in [0.25, 0.3) is 0 Å². The molecule has 0 aliphatic carbocycles. The van der Waals surface area contributed by atoms with Crippen molar-refractivity contribution in [2.75, 3.05) is 32.7 Å². The third-order valence-corrected chi connectivity index (χ3v) is 9.06. The summed E-state index contributed by atoms with van der Waals surface area (Å²) in [6, 6.07) is 20.4. The molecule has 4 rings (SSSR count). The molecule has 0 saturated carbocycles. The molecule has 1 atom stereocenters. The van der Waals surface area contributed by atoms with Crippen LogP contribution >= 0.6 is 0 Å². The summed E-state index contributed by atoms with van der Waals surface area (Å²) in [4.78, 5) is 22.3. The summed E-state index contributed by atoms with van der Waals surface area (Å²) in [6.07, 6.45) is 4.50. The number of unbranched alkanes of at least 4 members (excludes halogenated alkanes) is 1. The van der Waals surface area contributed by atoms with E-state index < -0.39 is 11.1 Å². The van der Waals surface area contributed by atoms with E-state index in [-0.39, 0.29) is 24.3 Å². The van der Waals surface area contributed by atoms with Crippen LogP contribution in [0.1, 0.15) is 91.7 Å². The Morgan fingerprint density at radius 2 is 1.39 bits per heavy atom. The second-order valence-corrected chi connectivity index (χ2v) is 14.4. The van der Waals surface area contributed by atoms with Gasteiger partial charge >= 0.3 is 13.1 Å². The molecular formula is C36H54BN3O4. The third kappa shape index (κ3) is 9.26. The zero-order chi connectivity index (χ0) is 31.8. The Labute approximate surface area is 266 Å². The Morgan fingerprint density at radius 1 is 0.864 bits per heavy atom. The van der Waals surface area contributed by atoms with E-state index in [1.807, 2.05) is 57.2 Å². The normalized spacial score (nSPS) is 19.8. The number of hydrogen-bond acceptors (Lipinski definition) is 7. The molecule has 2 aromatic carbocycles. The minimum atomic E-state index is -1.03. The lowest BCUT2D eigenvalue weighted by Crippen LogP contribution is -2.46. The quantitative estimate of drug-likeness (QED) is 0.121. The van der Waals surface area contributed by atoms with Gasteiger partial charge in [-0.1, -0.05) is 73.5 Å². The highest BCUT2D eigenvalue weighted by atomic mass is 16.7. The second-order valence-electron chi connectivity index (χ2n) is 14.4. The standard InChI is InChI=1S/C36H54BN3O4/c1-33(2,3)42-32(41)36(22-16-26-40-27-24-38-25-28-40,21-14-15-23-37-43-34(4,5)35(6,7)44-37)39-31(29-17-10-8-11-18-29)30-19-12-9-13-20-30/h8-13,17-20,38H,14-16,21-28H2,1-7H3. The molecule has 240 valence electrons. The van der Waals surface area contributed by atoms with Gasteiger partial charge in [0.05, 0.1) is 16.9 Å². The SMILES string of the molecule is CC(C)(C)OC(=O)C(CCCCB1OC(C)(C)C(C)(C)O1)(CCCN1CCNCC1)N=C(c1ccccc1)c1ccccc1. The summed E-state index contributed by atoms with van der Waals surface area (Å²) in [6.45, 7) is 19.1. The molecule has 0 bridgehead atoms. The maximum absolute atomic E-state index is 14.4. The van der Waals surface area contributed by atoms with Gasteiger partial charge in [0.25, 0.3) is 0 Å². The van der Waals surface area contributed by atoms with Crippen molar-refractivity contribution in [2.45, 2.75) is 109 Å². The molecule has 2 aliphatic heterocycles. The van der Waals surface area contributed by atoms with E-state index in [1.54, 1.807) is 0 Å². The topological polar surface area (TPSA) is 72.4 Å². The van der Waals surface area contributed by atoms with Crippen molar-refractivity contribution in [1.82, 2.24) is 10.2 Å². The monoisotopic (exact) mass is 603 g/mol. The first kappa shape index (κ1) is 34.4. The number of esters is 1. The van der Waals surface area contributed by atoms with Crippen LogP contribution in [0.2, 0.25) is 6.32 Å². The lowest BCUT2D eigenvalue weighted by atomic mass is 9.80. The van der Waals surface area contributed by atoms with E-state index in [2.05, 4.69) is 62.2 Å². The number of hydrogen-bond donors (Lipinski definition) is 1. The molecule has 2 heterocycles. The van der Waals surface area contributed by atoms with Crippen LogP contribution in [-0.4, -0.2) is 78.8 Å². The average Bonchev–Trinajstić information content (AvgIpc) is 3.19. The largest absolute Gasteiger partial charge is 0.458 e. The molecular weight excluding hydrogens is 549 g/mol. The molecule has 2 saturated heterocycles. The Hall–Kier alpha value is -2.52. The molecule has 8 heteroatoms. The Kier molecular flexibility index (Phi) is 11.5. The van der Waals surface area contributed by atoms with Gasteiger partial charge in [0.2, 0.25) is 0 Å². The molecule has 0 aromatic heterocycles. The minimum absolute atomic E-state index is 0.245. The maximum Gasteiger partial charge on any atom is 0.457 e. The Balaban J connectivity index is 1.66. The van der Waals surface area contributed by atoms with Gasteiger partial charge in [0.15, 0.2) is 5.54 Å². The number of carbonyl (C=O) groups is 1. The molecule has 1 N–H and O–H groups in total. The van der Waals surface area contributed by atoms with Gasteiger partial charge in [-0.05, 0) is 80.6 Å². The molecule has 2 fully saturated rings. The summed E-state index contributed by atoms with van der Waals surface area (Å²) in [5.74, 6) is -0.245. The van der Waals surface area contributed by atoms with Crippen LogP contribution in [0.4, 0.5) is 0 Å². The number of piperazine rings is 1. The van der Waals surface area contributed by atoms with Gasteiger partial charge in [-0.25, -0.2) is 4.79 Å². The van der Waals surface area contributed by atoms with E-state index in [0.29, 0.717) is 12.8 Å². The highest BCUT2D eigenvalue weighted by Crippen LogP contribution is 2.39. The van der Waals surface area contributed by atoms with Crippen molar-refractivity contribution in [3.05, 3.63) is 71.8 Å². The lowest BCUT2D eigenvalue weighted by Gasteiger charge is -2.34. The predicted octanol–water partition coefficient (Wildman–Crippen LogP) is 6.55. The molecule has 0 spiro atoms. The van der Waals surface area contributed by atoms with Crippen LogP contribution in [0, 0.1) is 0 Å². The zero-order valence-corrected chi connectivity index (χ0v) is 28.2. The van der Waals surface area contributed by atoms with E-state index in [1.165, 1.54) is 0 Å². The van der Waals surface area contributed by atoms with Gasteiger partial charge in [-0.15, -0.1) is 0 Å². The average molecular weight is 604 g/mol. The smallest absolute Gasteiger partial charge is 0.457 e. The van der Waals surface area contributed by atoms with E-state index in [4.69, 9.17) is 19.0 Å². The summed E-state index contributed by atoms with van der Waals surface area (Å²) >= 11 is 0. The highest BCUT2D eigenvalue weighted by Gasteiger charge is 2.50.